The normalized spacial score (nSPS) is 35.0. The van der Waals surface area contributed by atoms with Gasteiger partial charge in [0, 0.05) is 12.1 Å². The fourth-order valence-electron chi connectivity index (χ4n) is 4.80. The summed E-state index contributed by atoms with van der Waals surface area (Å²) in [5, 5.41) is 4.00. The summed E-state index contributed by atoms with van der Waals surface area (Å²) in [7, 11) is 1.76. The van der Waals surface area contributed by atoms with E-state index < -0.39 is 0 Å². The van der Waals surface area contributed by atoms with Gasteiger partial charge in [0.25, 0.3) is 0 Å². The maximum atomic E-state index is 5.37. The average molecular weight is 271 g/mol. The number of aryl methyl sites for hydroxylation is 1. The van der Waals surface area contributed by atoms with Crippen LogP contribution < -0.4 is 10.1 Å². The molecular weight excluding hydrogens is 246 g/mol. The lowest BCUT2D eigenvalue weighted by Gasteiger charge is -2.32. The van der Waals surface area contributed by atoms with Gasteiger partial charge >= 0.3 is 0 Å². The third kappa shape index (κ3) is 2.14. The van der Waals surface area contributed by atoms with Crippen molar-refractivity contribution in [2.24, 2.45) is 11.8 Å². The Morgan fingerprint density at radius 1 is 1.15 bits per heavy atom. The number of ether oxygens (including phenoxy) is 1. The molecule has 2 nitrogen and oxygen atoms in total. The Morgan fingerprint density at radius 3 is 2.85 bits per heavy atom. The summed E-state index contributed by atoms with van der Waals surface area (Å²) in [4.78, 5) is 0. The first kappa shape index (κ1) is 12.7. The summed E-state index contributed by atoms with van der Waals surface area (Å²) in [6.07, 6.45) is 9.67. The van der Waals surface area contributed by atoms with Crippen LogP contribution in [0.1, 0.15) is 55.7 Å². The molecule has 2 fully saturated rings. The first-order chi connectivity index (χ1) is 9.83. The fraction of sp³-hybridized carbons (Fsp3) is 0.667. The second kappa shape index (κ2) is 5.07. The van der Waals surface area contributed by atoms with Crippen molar-refractivity contribution in [1.29, 1.82) is 0 Å². The Balaban J connectivity index is 1.53. The highest BCUT2D eigenvalue weighted by Gasteiger charge is 2.40. The molecule has 108 valence electrons. The molecule has 0 spiro atoms. The molecule has 2 saturated carbocycles. The first-order valence-corrected chi connectivity index (χ1v) is 8.26. The van der Waals surface area contributed by atoms with Gasteiger partial charge in [0.2, 0.25) is 0 Å². The first-order valence-electron chi connectivity index (χ1n) is 8.26. The maximum absolute atomic E-state index is 5.37. The zero-order valence-corrected chi connectivity index (χ0v) is 12.4. The largest absolute Gasteiger partial charge is 0.497 e. The number of methoxy groups -OCH3 is 1. The van der Waals surface area contributed by atoms with Gasteiger partial charge < -0.3 is 10.1 Å². The van der Waals surface area contributed by atoms with E-state index in [-0.39, 0.29) is 0 Å². The van der Waals surface area contributed by atoms with Crippen molar-refractivity contribution in [3.05, 3.63) is 29.3 Å². The molecule has 1 aromatic rings. The third-order valence-corrected chi connectivity index (χ3v) is 5.82. The number of nitrogens with one attached hydrogen (secondary N) is 1. The molecule has 0 saturated heterocycles. The van der Waals surface area contributed by atoms with E-state index in [0.717, 1.165) is 23.6 Å². The quantitative estimate of drug-likeness (QED) is 0.901. The molecule has 0 radical (unpaired) electrons. The Labute approximate surface area is 121 Å². The Morgan fingerprint density at radius 2 is 2.10 bits per heavy atom. The van der Waals surface area contributed by atoms with Crippen LogP contribution in [0.3, 0.4) is 0 Å². The summed E-state index contributed by atoms with van der Waals surface area (Å²) in [5.74, 6) is 2.99. The molecule has 0 amide bonds. The molecule has 3 aliphatic rings. The molecule has 0 aliphatic heterocycles. The SMILES string of the molecule is COc1ccc2c(c1)CCCC2NC1CC2CCC1C2. The van der Waals surface area contributed by atoms with Crippen molar-refractivity contribution < 1.29 is 4.74 Å². The summed E-state index contributed by atoms with van der Waals surface area (Å²) in [6.45, 7) is 0. The summed E-state index contributed by atoms with van der Waals surface area (Å²) in [6, 6.07) is 8.02. The Kier molecular flexibility index (Phi) is 3.22. The molecular formula is C18H25NO. The maximum Gasteiger partial charge on any atom is 0.119 e. The Bertz CT molecular complexity index is 498. The molecule has 0 aromatic heterocycles. The highest BCUT2D eigenvalue weighted by Crippen LogP contribution is 2.45. The second-order valence-electron chi connectivity index (χ2n) is 6.96. The van der Waals surface area contributed by atoms with Crippen LogP contribution in [0.4, 0.5) is 0 Å². The standard InChI is InChI=1S/C18H25NO/c1-20-15-7-8-16-13(11-15)3-2-4-17(16)19-18-10-12-5-6-14(18)9-12/h7-8,11-12,14,17-19H,2-6,9-10H2,1H3. The van der Waals surface area contributed by atoms with Crippen molar-refractivity contribution in [2.75, 3.05) is 7.11 Å². The van der Waals surface area contributed by atoms with Crippen molar-refractivity contribution in [3.8, 4) is 5.75 Å². The lowest BCUT2D eigenvalue weighted by Crippen LogP contribution is -2.38. The predicted molar refractivity (Wildman–Crippen MR) is 81.0 cm³/mol. The number of fused-ring (bicyclic) bond motifs is 3. The van der Waals surface area contributed by atoms with Crippen molar-refractivity contribution in [1.82, 2.24) is 5.32 Å². The molecule has 2 heteroatoms. The minimum absolute atomic E-state index is 0.578. The van der Waals surface area contributed by atoms with Crippen LogP contribution in [0, 0.1) is 11.8 Å². The van der Waals surface area contributed by atoms with E-state index in [9.17, 15) is 0 Å². The van der Waals surface area contributed by atoms with Gasteiger partial charge in [-0.05, 0) is 73.6 Å². The number of benzene rings is 1. The minimum Gasteiger partial charge on any atom is -0.497 e. The van der Waals surface area contributed by atoms with Gasteiger partial charge in [-0.1, -0.05) is 12.5 Å². The Hall–Kier alpha value is -1.02. The topological polar surface area (TPSA) is 21.3 Å². The lowest BCUT2D eigenvalue weighted by atomic mass is 9.85. The fourth-order valence-corrected chi connectivity index (χ4v) is 4.80. The van der Waals surface area contributed by atoms with E-state index >= 15 is 0 Å². The van der Waals surface area contributed by atoms with E-state index in [1.165, 1.54) is 56.1 Å². The van der Waals surface area contributed by atoms with Gasteiger partial charge in [0.15, 0.2) is 0 Å². The molecule has 1 aromatic carbocycles. The van der Waals surface area contributed by atoms with Crippen molar-refractivity contribution in [3.63, 3.8) is 0 Å². The van der Waals surface area contributed by atoms with Gasteiger partial charge in [-0.2, -0.15) is 0 Å². The predicted octanol–water partition coefficient (Wildman–Crippen LogP) is 3.85. The average Bonchev–Trinajstić information content (AvgIpc) is 3.09. The van der Waals surface area contributed by atoms with E-state index in [1.807, 2.05) is 0 Å². The number of rotatable bonds is 3. The van der Waals surface area contributed by atoms with Gasteiger partial charge in [0.05, 0.1) is 7.11 Å². The highest BCUT2D eigenvalue weighted by atomic mass is 16.5. The highest BCUT2D eigenvalue weighted by molar-refractivity contribution is 5.39. The molecule has 4 rings (SSSR count). The lowest BCUT2D eigenvalue weighted by molar-refractivity contribution is 0.303. The molecule has 0 heterocycles. The van der Waals surface area contributed by atoms with Gasteiger partial charge in [0.1, 0.15) is 5.75 Å². The zero-order valence-electron chi connectivity index (χ0n) is 12.4. The zero-order chi connectivity index (χ0) is 13.5. The van der Waals surface area contributed by atoms with Crippen molar-refractivity contribution >= 4 is 0 Å². The monoisotopic (exact) mass is 271 g/mol. The van der Waals surface area contributed by atoms with Gasteiger partial charge in [-0.25, -0.2) is 0 Å². The number of hydrogen-bond acceptors (Lipinski definition) is 2. The van der Waals surface area contributed by atoms with Crippen LogP contribution >= 0.6 is 0 Å². The number of hydrogen-bond donors (Lipinski definition) is 1. The van der Waals surface area contributed by atoms with E-state index in [2.05, 4.69) is 23.5 Å². The van der Waals surface area contributed by atoms with Crippen LogP contribution in [0.15, 0.2) is 18.2 Å². The molecule has 20 heavy (non-hydrogen) atoms. The van der Waals surface area contributed by atoms with Crippen LogP contribution in [0.5, 0.6) is 5.75 Å². The molecule has 1 N–H and O–H groups in total. The van der Waals surface area contributed by atoms with E-state index in [4.69, 9.17) is 4.74 Å². The minimum atomic E-state index is 0.578. The van der Waals surface area contributed by atoms with Gasteiger partial charge in [-0.15, -0.1) is 0 Å². The van der Waals surface area contributed by atoms with Crippen LogP contribution in [-0.4, -0.2) is 13.2 Å². The van der Waals surface area contributed by atoms with E-state index in [1.54, 1.807) is 7.11 Å². The van der Waals surface area contributed by atoms with Crippen molar-refractivity contribution in [2.45, 2.75) is 57.0 Å². The molecule has 3 aliphatic carbocycles. The molecule has 2 bridgehead atoms. The van der Waals surface area contributed by atoms with Crippen LogP contribution in [0.2, 0.25) is 0 Å². The van der Waals surface area contributed by atoms with Gasteiger partial charge in [-0.3, -0.25) is 0 Å². The third-order valence-electron chi connectivity index (χ3n) is 5.82. The van der Waals surface area contributed by atoms with E-state index in [0.29, 0.717) is 6.04 Å². The smallest absolute Gasteiger partial charge is 0.119 e. The van der Waals surface area contributed by atoms with Crippen LogP contribution in [0.25, 0.3) is 0 Å². The summed E-state index contributed by atoms with van der Waals surface area (Å²) >= 11 is 0. The molecule has 4 atom stereocenters. The van der Waals surface area contributed by atoms with Crippen LogP contribution in [-0.2, 0) is 6.42 Å². The summed E-state index contributed by atoms with van der Waals surface area (Å²) in [5.41, 5.74) is 3.02. The summed E-state index contributed by atoms with van der Waals surface area (Å²) < 4.78 is 5.37. The molecule has 4 unspecified atom stereocenters. The second-order valence-corrected chi connectivity index (χ2v) is 6.96.